The summed E-state index contributed by atoms with van der Waals surface area (Å²) in [5.41, 5.74) is 0.118. The molecule has 246 valence electrons. The Labute approximate surface area is 272 Å². The standard InChI is InChI=1S/C31H28Cl2F4N2O6S/c32-20-10-8-18(9-11-20)28-29(19-4-3-5-21(33)14-19)45-26(15-27(40)41)30(42)39(28)22(16-31(35,36)37)17-38(46(43,44)23-12-13-23)25-7-2-1-6-24(25)34/h1-11,14,22-23,26,28-29H,12-13,15-17H2,(H,40,41)/t22?,26-,28-,29-/m1/s1. The van der Waals surface area contributed by atoms with Gasteiger partial charge in [-0.25, -0.2) is 12.8 Å². The Hall–Kier alpha value is -3.39. The van der Waals surface area contributed by atoms with Gasteiger partial charge >= 0.3 is 12.1 Å². The van der Waals surface area contributed by atoms with Gasteiger partial charge in [0, 0.05) is 10.0 Å². The molecule has 0 spiro atoms. The van der Waals surface area contributed by atoms with Crippen LogP contribution in [0.2, 0.25) is 10.0 Å². The number of alkyl halides is 3. The number of rotatable bonds is 11. The monoisotopic (exact) mass is 702 g/mol. The first-order valence-corrected chi connectivity index (χ1v) is 16.4. The zero-order valence-corrected chi connectivity index (χ0v) is 26.2. The van der Waals surface area contributed by atoms with Crippen molar-refractivity contribution in [1.29, 1.82) is 0 Å². The van der Waals surface area contributed by atoms with E-state index >= 15 is 4.39 Å². The van der Waals surface area contributed by atoms with Crippen LogP contribution in [0.15, 0.2) is 72.8 Å². The van der Waals surface area contributed by atoms with Crippen LogP contribution in [0.5, 0.6) is 0 Å². The molecule has 15 heteroatoms. The number of morpholine rings is 1. The molecule has 1 amide bonds. The Kier molecular flexibility index (Phi) is 9.88. The molecule has 2 aliphatic rings. The lowest BCUT2D eigenvalue weighted by atomic mass is 9.89. The molecule has 3 aromatic carbocycles. The first kappa shape index (κ1) is 34.0. The maximum atomic E-state index is 15.1. The summed E-state index contributed by atoms with van der Waals surface area (Å²) >= 11 is 12.4. The van der Waals surface area contributed by atoms with Crippen molar-refractivity contribution in [2.24, 2.45) is 0 Å². The minimum atomic E-state index is -4.94. The van der Waals surface area contributed by atoms with Crippen molar-refractivity contribution in [3.05, 3.63) is 99.8 Å². The number of carboxylic acid groups (broad SMARTS) is 1. The summed E-state index contributed by atoms with van der Waals surface area (Å²) in [6.07, 6.45) is -10.1. The molecule has 1 saturated heterocycles. The zero-order valence-electron chi connectivity index (χ0n) is 23.9. The van der Waals surface area contributed by atoms with Crippen molar-refractivity contribution in [3.8, 4) is 0 Å². The summed E-state index contributed by atoms with van der Waals surface area (Å²) in [7, 11) is -4.37. The zero-order chi connectivity index (χ0) is 33.4. The van der Waals surface area contributed by atoms with Crippen LogP contribution in [0.25, 0.3) is 0 Å². The van der Waals surface area contributed by atoms with Gasteiger partial charge in [0.15, 0.2) is 0 Å². The van der Waals surface area contributed by atoms with E-state index in [-0.39, 0.29) is 28.5 Å². The molecule has 5 rings (SSSR count). The van der Waals surface area contributed by atoms with Gasteiger partial charge in [-0.05, 0) is 60.4 Å². The summed E-state index contributed by atoms with van der Waals surface area (Å²) in [6, 6.07) is 13.5. The average molecular weight is 704 g/mol. The second kappa shape index (κ2) is 13.4. The highest BCUT2D eigenvalue weighted by molar-refractivity contribution is 7.93. The first-order chi connectivity index (χ1) is 21.7. The molecular formula is C31H28Cl2F4N2O6S. The molecular weight excluding hydrogens is 675 g/mol. The number of ether oxygens (including phenoxy) is 1. The Morgan fingerprint density at radius 2 is 1.67 bits per heavy atom. The van der Waals surface area contributed by atoms with Crippen molar-refractivity contribution in [2.75, 3.05) is 10.8 Å². The third-order valence-corrected chi connectivity index (χ3v) is 10.5. The van der Waals surface area contributed by atoms with E-state index in [1.54, 1.807) is 18.2 Å². The first-order valence-electron chi connectivity index (χ1n) is 14.2. The maximum absolute atomic E-state index is 15.1. The van der Waals surface area contributed by atoms with Crippen LogP contribution in [0.1, 0.15) is 49.0 Å². The number of carboxylic acids is 1. The number of hydrogen-bond acceptors (Lipinski definition) is 5. The summed E-state index contributed by atoms with van der Waals surface area (Å²) in [4.78, 5) is 26.8. The summed E-state index contributed by atoms with van der Waals surface area (Å²) in [5, 5.41) is 9.20. The summed E-state index contributed by atoms with van der Waals surface area (Å²) in [6.45, 7) is -0.975. The molecule has 0 bridgehead atoms. The molecule has 1 saturated carbocycles. The molecule has 4 atom stereocenters. The minimum absolute atomic E-state index is 0.235. The summed E-state index contributed by atoms with van der Waals surface area (Å²) in [5.74, 6) is -3.54. The van der Waals surface area contributed by atoms with Gasteiger partial charge in [-0.3, -0.25) is 13.9 Å². The van der Waals surface area contributed by atoms with E-state index in [1.807, 2.05) is 0 Å². The third kappa shape index (κ3) is 7.59. The number of aliphatic carboxylic acids is 1. The van der Waals surface area contributed by atoms with Crippen molar-refractivity contribution in [1.82, 2.24) is 4.90 Å². The van der Waals surface area contributed by atoms with Crippen molar-refractivity contribution in [2.45, 2.75) is 61.4 Å². The molecule has 1 N–H and O–H groups in total. The van der Waals surface area contributed by atoms with Crippen LogP contribution in [-0.4, -0.2) is 60.4 Å². The van der Waals surface area contributed by atoms with E-state index in [0.29, 0.717) is 9.87 Å². The Bertz CT molecular complexity index is 1710. The van der Waals surface area contributed by atoms with Crippen LogP contribution in [-0.2, 0) is 24.3 Å². The van der Waals surface area contributed by atoms with E-state index in [2.05, 4.69) is 0 Å². The van der Waals surface area contributed by atoms with Gasteiger partial charge in [-0.15, -0.1) is 0 Å². The van der Waals surface area contributed by atoms with Crippen LogP contribution >= 0.6 is 23.2 Å². The van der Waals surface area contributed by atoms with Gasteiger partial charge in [0.1, 0.15) is 18.0 Å². The smallest absolute Gasteiger partial charge is 0.391 e. The highest BCUT2D eigenvalue weighted by Gasteiger charge is 2.51. The molecule has 1 aliphatic carbocycles. The Morgan fingerprint density at radius 1 is 1.00 bits per heavy atom. The molecule has 0 radical (unpaired) electrons. The molecule has 46 heavy (non-hydrogen) atoms. The van der Waals surface area contributed by atoms with Gasteiger partial charge in [0.05, 0.1) is 42.4 Å². The number of hydrogen-bond donors (Lipinski definition) is 1. The topological polar surface area (TPSA) is 104 Å². The minimum Gasteiger partial charge on any atom is -0.481 e. The van der Waals surface area contributed by atoms with Crippen molar-refractivity contribution in [3.63, 3.8) is 0 Å². The second-order valence-electron chi connectivity index (χ2n) is 11.1. The number of benzene rings is 3. The number of halogens is 6. The number of nitrogens with zero attached hydrogens (tertiary/aromatic N) is 2. The number of carbonyl (C=O) groups excluding carboxylic acids is 1. The number of amides is 1. The quantitative estimate of drug-likeness (QED) is 0.217. The van der Waals surface area contributed by atoms with Crippen LogP contribution in [0, 0.1) is 5.82 Å². The predicted molar refractivity (Wildman–Crippen MR) is 163 cm³/mol. The molecule has 2 fully saturated rings. The maximum Gasteiger partial charge on any atom is 0.391 e. The Morgan fingerprint density at radius 3 is 2.26 bits per heavy atom. The molecule has 1 heterocycles. The van der Waals surface area contributed by atoms with Gasteiger partial charge in [0.2, 0.25) is 10.0 Å². The van der Waals surface area contributed by atoms with Gasteiger partial charge < -0.3 is 14.7 Å². The molecule has 8 nitrogen and oxygen atoms in total. The van der Waals surface area contributed by atoms with E-state index in [1.165, 1.54) is 42.5 Å². The van der Waals surface area contributed by atoms with Crippen molar-refractivity contribution >= 4 is 50.8 Å². The molecule has 1 aliphatic heterocycles. The van der Waals surface area contributed by atoms with Gasteiger partial charge in [-0.2, -0.15) is 13.2 Å². The van der Waals surface area contributed by atoms with Crippen LogP contribution in [0.4, 0.5) is 23.2 Å². The Balaban J connectivity index is 1.72. The molecule has 0 aromatic heterocycles. The lowest BCUT2D eigenvalue weighted by Gasteiger charge is -2.49. The van der Waals surface area contributed by atoms with Gasteiger partial charge in [0.25, 0.3) is 5.91 Å². The predicted octanol–water partition coefficient (Wildman–Crippen LogP) is 6.94. The van der Waals surface area contributed by atoms with E-state index in [0.717, 1.165) is 17.0 Å². The molecule has 1 unspecified atom stereocenters. The van der Waals surface area contributed by atoms with E-state index in [9.17, 15) is 36.3 Å². The number of para-hydroxylation sites is 1. The third-order valence-electron chi connectivity index (χ3n) is 7.79. The fourth-order valence-electron chi connectivity index (χ4n) is 5.65. The SMILES string of the molecule is O=C(O)C[C@H]1O[C@H](c2cccc(Cl)c2)[C@@H](c2ccc(Cl)cc2)N(C(CN(c2ccccc2F)S(=O)(=O)C2CC2)CC(F)(F)F)C1=O. The van der Waals surface area contributed by atoms with Crippen LogP contribution in [0.3, 0.4) is 0 Å². The highest BCUT2D eigenvalue weighted by Crippen LogP contribution is 2.46. The fraction of sp³-hybridized carbons (Fsp3) is 0.355. The highest BCUT2D eigenvalue weighted by atomic mass is 35.5. The summed E-state index contributed by atoms with van der Waals surface area (Å²) < 4.78 is 92.4. The van der Waals surface area contributed by atoms with E-state index in [4.69, 9.17) is 27.9 Å². The molecule has 3 aromatic rings. The lowest BCUT2D eigenvalue weighted by molar-refractivity contribution is -0.192. The van der Waals surface area contributed by atoms with Gasteiger partial charge in [-0.1, -0.05) is 59.6 Å². The normalized spacial score (nSPS) is 21.2. The fourth-order valence-corrected chi connectivity index (χ4v) is 7.87. The number of anilines is 1. The number of sulfonamides is 1. The average Bonchev–Trinajstić information content (AvgIpc) is 3.83. The number of carbonyl (C=O) groups is 2. The second-order valence-corrected chi connectivity index (χ2v) is 14.2. The largest absolute Gasteiger partial charge is 0.481 e. The lowest BCUT2D eigenvalue weighted by Crippen LogP contribution is -2.59. The van der Waals surface area contributed by atoms with Crippen LogP contribution < -0.4 is 4.31 Å². The van der Waals surface area contributed by atoms with Crippen molar-refractivity contribution < 1.29 is 45.4 Å². The van der Waals surface area contributed by atoms with E-state index < -0.39 is 88.5 Å².